The van der Waals surface area contributed by atoms with Crippen molar-refractivity contribution in [3.05, 3.63) is 72.1 Å². The third-order valence-electron chi connectivity index (χ3n) is 4.92. The van der Waals surface area contributed by atoms with Crippen molar-refractivity contribution >= 4 is 17.3 Å². The number of nitrogens with zero attached hydrogens (tertiary/aromatic N) is 4. The summed E-state index contributed by atoms with van der Waals surface area (Å²) in [5.41, 5.74) is 11.4. The Kier molecular flexibility index (Phi) is 3.74. The fourth-order valence-electron chi connectivity index (χ4n) is 3.33. The summed E-state index contributed by atoms with van der Waals surface area (Å²) in [4.78, 5) is 8.88. The van der Waals surface area contributed by atoms with Crippen LogP contribution in [0.1, 0.15) is 29.9 Å². The molecule has 3 aromatic heterocycles. The molecule has 3 heterocycles. The average Bonchev–Trinajstić information content (AvgIpc) is 3.46. The monoisotopic (exact) mass is 356 g/mol. The van der Waals surface area contributed by atoms with Crippen LogP contribution in [0, 0.1) is 0 Å². The molecule has 6 heteroatoms. The molecule has 0 radical (unpaired) electrons. The minimum absolute atomic E-state index is 0.512. The van der Waals surface area contributed by atoms with E-state index in [0.717, 1.165) is 22.7 Å². The fourth-order valence-corrected chi connectivity index (χ4v) is 3.33. The number of hydrogen-bond acceptors (Lipinski definition) is 5. The Bertz CT molecular complexity index is 1080. The first-order valence-corrected chi connectivity index (χ1v) is 9.16. The van der Waals surface area contributed by atoms with Crippen molar-refractivity contribution in [2.75, 3.05) is 11.1 Å². The molecule has 1 aliphatic carbocycles. The van der Waals surface area contributed by atoms with Crippen molar-refractivity contribution in [2.45, 2.75) is 25.3 Å². The molecule has 4 aromatic rings. The van der Waals surface area contributed by atoms with E-state index in [1.54, 1.807) is 0 Å². The van der Waals surface area contributed by atoms with E-state index in [9.17, 15) is 0 Å². The summed E-state index contributed by atoms with van der Waals surface area (Å²) in [6.45, 7) is 0.680. The molecule has 0 atom stereocenters. The van der Waals surface area contributed by atoms with Gasteiger partial charge in [0.05, 0.1) is 11.9 Å². The second-order valence-corrected chi connectivity index (χ2v) is 6.94. The van der Waals surface area contributed by atoms with Gasteiger partial charge in [-0.3, -0.25) is 4.98 Å². The first-order valence-electron chi connectivity index (χ1n) is 9.16. The van der Waals surface area contributed by atoms with Crippen LogP contribution in [0.15, 0.2) is 60.9 Å². The van der Waals surface area contributed by atoms with Crippen molar-refractivity contribution in [1.82, 2.24) is 19.6 Å². The summed E-state index contributed by atoms with van der Waals surface area (Å²) >= 11 is 0. The van der Waals surface area contributed by atoms with E-state index in [-0.39, 0.29) is 0 Å². The van der Waals surface area contributed by atoms with Crippen LogP contribution in [0.4, 0.5) is 11.6 Å². The van der Waals surface area contributed by atoms with Gasteiger partial charge in [-0.2, -0.15) is 9.61 Å². The molecule has 0 amide bonds. The number of aromatic nitrogens is 4. The van der Waals surface area contributed by atoms with Crippen molar-refractivity contribution in [3.63, 3.8) is 0 Å². The molecule has 0 unspecified atom stereocenters. The Morgan fingerprint density at radius 2 is 1.96 bits per heavy atom. The van der Waals surface area contributed by atoms with Crippen molar-refractivity contribution in [2.24, 2.45) is 0 Å². The number of hydrogen-bond donors (Lipinski definition) is 2. The molecule has 1 aromatic carbocycles. The first kappa shape index (κ1) is 15.8. The van der Waals surface area contributed by atoms with Gasteiger partial charge in [0.2, 0.25) is 0 Å². The molecule has 6 nitrogen and oxygen atoms in total. The smallest absolute Gasteiger partial charge is 0.163 e. The lowest BCUT2D eigenvalue weighted by atomic mass is 10.1. The zero-order chi connectivity index (χ0) is 18.2. The van der Waals surface area contributed by atoms with E-state index in [2.05, 4.69) is 44.6 Å². The Morgan fingerprint density at radius 3 is 2.70 bits per heavy atom. The maximum absolute atomic E-state index is 6.03. The highest BCUT2D eigenvalue weighted by Gasteiger charge is 2.28. The molecule has 134 valence electrons. The number of nitrogen functional groups attached to an aromatic ring is 1. The molecule has 0 bridgehead atoms. The Labute approximate surface area is 157 Å². The van der Waals surface area contributed by atoms with E-state index in [1.807, 2.05) is 41.2 Å². The normalized spacial score (nSPS) is 13.8. The molecule has 1 aliphatic rings. The van der Waals surface area contributed by atoms with Gasteiger partial charge in [0.1, 0.15) is 11.6 Å². The lowest BCUT2D eigenvalue weighted by molar-refractivity contribution is 0.927. The minimum Gasteiger partial charge on any atom is -0.384 e. The lowest BCUT2D eigenvalue weighted by Gasteiger charge is -2.10. The Balaban J connectivity index is 1.37. The topological polar surface area (TPSA) is 81.1 Å². The number of pyridine rings is 1. The molecular weight excluding hydrogens is 336 g/mol. The lowest BCUT2D eigenvalue weighted by Crippen LogP contribution is -2.07. The molecule has 1 fully saturated rings. The molecule has 0 saturated heterocycles. The van der Waals surface area contributed by atoms with Crippen LogP contribution in [0.25, 0.3) is 16.9 Å². The maximum atomic E-state index is 6.03. The predicted molar refractivity (Wildman–Crippen MR) is 106 cm³/mol. The van der Waals surface area contributed by atoms with E-state index < -0.39 is 0 Å². The third-order valence-corrected chi connectivity index (χ3v) is 4.92. The van der Waals surface area contributed by atoms with Crippen LogP contribution in [-0.2, 0) is 6.54 Å². The number of fused-ring (bicyclic) bond motifs is 1. The third kappa shape index (κ3) is 3.10. The van der Waals surface area contributed by atoms with Crippen LogP contribution in [0.2, 0.25) is 0 Å². The number of nitrogens with two attached hydrogens (primary N) is 1. The highest BCUT2D eigenvalue weighted by molar-refractivity contribution is 5.61. The van der Waals surface area contributed by atoms with Gasteiger partial charge in [0.15, 0.2) is 5.65 Å². The summed E-state index contributed by atoms with van der Waals surface area (Å²) in [6, 6.07) is 16.2. The van der Waals surface area contributed by atoms with Crippen LogP contribution in [-0.4, -0.2) is 19.6 Å². The summed E-state index contributed by atoms with van der Waals surface area (Å²) in [5, 5.41) is 7.96. The molecular formula is C21H20N6. The SMILES string of the molecule is Nc1cc(NCc2ccc(-c3ccccn3)cc2)n2ncc(C3CC3)c2n1. The Morgan fingerprint density at radius 1 is 1.11 bits per heavy atom. The van der Waals surface area contributed by atoms with Gasteiger partial charge in [-0.25, -0.2) is 4.98 Å². The summed E-state index contributed by atoms with van der Waals surface area (Å²) in [6.07, 6.45) is 6.16. The highest BCUT2D eigenvalue weighted by Crippen LogP contribution is 2.41. The summed E-state index contributed by atoms with van der Waals surface area (Å²) < 4.78 is 1.85. The zero-order valence-electron chi connectivity index (χ0n) is 14.8. The van der Waals surface area contributed by atoms with Gasteiger partial charge in [-0.05, 0) is 36.5 Å². The van der Waals surface area contributed by atoms with E-state index in [4.69, 9.17) is 5.73 Å². The predicted octanol–water partition coefficient (Wildman–Crippen LogP) is 3.86. The Hall–Kier alpha value is -3.41. The molecule has 1 saturated carbocycles. The van der Waals surface area contributed by atoms with Crippen LogP contribution in [0.5, 0.6) is 0 Å². The fraction of sp³-hybridized carbons (Fsp3) is 0.190. The number of anilines is 2. The van der Waals surface area contributed by atoms with Crippen LogP contribution >= 0.6 is 0 Å². The second kappa shape index (κ2) is 6.39. The van der Waals surface area contributed by atoms with Gasteiger partial charge >= 0.3 is 0 Å². The number of rotatable bonds is 5. The van der Waals surface area contributed by atoms with E-state index in [0.29, 0.717) is 18.3 Å². The standard InChI is InChI=1S/C21H20N6/c22-19-11-20(27-21(26-19)17(13-25-27)15-8-9-15)24-12-14-4-6-16(7-5-14)18-3-1-2-10-23-18/h1-7,10-11,13,15,24H,8-9,12H2,(H2,22,26). The second-order valence-electron chi connectivity index (χ2n) is 6.94. The number of nitrogens with one attached hydrogen (secondary N) is 1. The highest BCUT2D eigenvalue weighted by atomic mass is 15.3. The summed E-state index contributed by atoms with van der Waals surface area (Å²) in [5.74, 6) is 1.96. The van der Waals surface area contributed by atoms with E-state index in [1.165, 1.54) is 24.0 Å². The van der Waals surface area contributed by atoms with Gasteiger partial charge < -0.3 is 11.1 Å². The zero-order valence-corrected chi connectivity index (χ0v) is 14.8. The van der Waals surface area contributed by atoms with Gasteiger partial charge in [0.25, 0.3) is 0 Å². The average molecular weight is 356 g/mol. The molecule has 0 aliphatic heterocycles. The summed E-state index contributed by atoms with van der Waals surface area (Å²) in [7, 11) is 0. The van der Waals surface area contributed by atoms with Crippen molar-refractivity contribution < 1.29 is 0 Å². The number of benzene rings is 1. The largest absolute Gasteiger partial charge is 0.384 e. The maximum Gasteiger partial charge on any atom is 0.163 e. The molecule has 3 N–H and O–H groups in total. The first-order chi connectivity index (χ1) is 13.3. The van der Waals surface area contributed by atoms with Crippen LogP contribution < -0.4 is 11.1 Å². The van der Waals surface area contributed by atoms with Gasteiger partial charge in [-0.15, -0.1) is 0 Å². The molecule has 0 spiro atoms. The quantitative estimate of drug-likeness (QED) is 0.567. The molecule has 5 rings (SSSR count). The molecule has 27 heavy (non-hydrogen) atoms. The van der Waals surface area contributed by atoms with Gasteiger partial charge in [0, 0.05) is 29.9 Å². The van der Waals surface area contributed by atoms with Crippen LogP contribution in [0.3, 0.4) is 0 Å². The van der Waals surface area contributed by atoms with Gasteiger partial charge in [-0.1, -0.05) is 30.3 Å². The van der Waals surface area contributed by atoms with Crippen molar-refractivity contribution in [3.8, 4) is 11.3 Å². The van der Waals surface area contributed by atoms with E-state index >= 15 is 0 Å². The van der Waals surface area contributed by atoms with Crippen molar-refractivity contribution in [1.29, 1.82) is 0 Å². The minimum atomic E-state index is 0.512.